The highest BCUT2D eigenvalue weighted by molar-refractivity contribution is 6.21. The van der Waals surface area contributed by atoms with Crippen LogP contribution >= 0.6 is 0 Å². The topological polar surface area (TPSA) is 86.2 Å². The number of carbonyl (C=O) groups is 2. The first-order valence-corrected chi connectivity index (χ1v) is 17.9. The summed E-state index contributed by atoms with van der Waals surface area (Å²) in [6.45, 7) is 17.5. The summed E-state index contributed by atoms with van der Waals surface area (Å²) in [5, 5.41) is 0. The van der Waals surface area contributed by atoms with E-state index in [0.29, 0.717) is 23.9 Å². The Kier molecular flexibility index (Phi) is 18.4. The van der Waals surface area contributed by atoms with E-state index in [-0.39, 0.29) is 22.4 Å². The third-order valence-corrected chi connectivity index (χ3v) is 10.7. The van der Waals surface area contributed by atoms with Gasteiger partial charge in [-0.2, -0.15) is 0 Å². The molecule has 0 aromatic carbocycles. The number of nitrogens with two attached hydrogens (primary N) is 2. The first kappa shape index (κ1) is 38.8. The fourth-order valence-corrected chi connectivity index (χ4v) is 6.38. The lowest BCUT2D eigenvalue weighted by molar-refractivity contribution is -0.116. The van der Waals surface area contributed by atoms with Crippen LogP contribution in [0.25, 0.3) is 0 Å². The van der Waals surface area contributed by atoms with E-state index in [4.69, 9.17) is 11.5 Å². The molecule has 4 unspecified atom stereocenters. The van der Waals surface area contributed by atoms with E-state index in [1.807, 2.05) is 0 Å². The summed E-state index contributed by atoms with van der Waals surface area (Å²) in [6, 6.07) is 0.646. The molecule has 244 valence electrons. The monoisotopic (exact) mass is 587 g/mol. The van der Waals surface area contributed by atoms with Crippen molar-refractivity contribution in [1.82, 2.24) is 0 Å². The molecule has 0 bridgehead atoms. The SMILES string of the molecule is CCC(C)(CCCCCCCCC(N)C(C)C)C1=CC(=O)C(C(C)(CC)CCCCCCCCC(N)C(C)C)=CC1=O. The second kappa shape index (κ2) is 19.9. The summed E-state index contributed by atoms with van der Waals surface area (Å²) in [7, 11) is 0. The number of rotatable bonds is 24. The summed E-state index contributed by atoms with van der Waals surface area (Å²) in [5.74, 6) is 1.25. The van der Waals surface area contributed by atoms with E-state index >= 15 is 0 Å². The zero-order valence-corrected chi connectivity index (χ0v) is 29.2. The minimum absolute atomic E-state index is 0.0646. The molecule has 4 atom stereocenters. The molecule has 0 amide bonds. The summed E-state index contributed by atoms with van der Waals surface area (Å²) >= 11 is 0. The number of unbranched alkanes of at least 4 members (excludes halogenated alkanes) is 10. The largest absolute Gasteiger partial charge is 0.327 e. The fraction of sp³-hybridized carbons (Fsp3) is 0.842. The van der Waals surface area contributed by atoms with Gasteiger partial charge in [-0.3, -0.25) is 9.59 Å². The van der Waals surface area contributed by atoms with E-state index in [0.717, 1.165) is 62.5 Å². The Morgan fingerprint density at radius 3 is 1.12 bits per heavy atom. The van der Waals surface area contributed by atoms with E-state index in [1.165, 1.54) is 64.2 Å². The van der Waals surface area contributed by atoms with Gasteiger partial charge in [0, 0.05) is 23.2 Å². The molecule has 0 saturated carbocycles. The van der Waals surface area contributed by atoms with Crippen LogP contribution in [-0.4, -0.2) is 23.7 Å². The van der Waals surface area contributed by atoms with Crippen LogP contribution in [0.1, 0.15) is 171 Å². The van der Waals surface area contributed by atoms with Crippen LogP contribution in [0.2, 0.25) is 0 Å². The molecule has 0 aromatic heterocycles. The Labute approximate surface area is 261 Å². The van der Waals surface area contributed by atoms with Gasteiger partial charge in [0.1, 0.15) is 0 Å². The van der Waals surface area contributed by atoms with Gasteiger partial charge in [0.2, 0.25) is 0 Å². The zero-order valence-electron chi connectivity index (χ0n) is 29.2. The van der Waals surface area contributed by atoms with Gasteiger partial charge in [0.05, 0.1) is 0 Å². The molecule has 0 fully saturated rings. The first-order valence-electron chi connectivity index (χ1n) is 17.9. The highest BCUT2D eigenvalue weighted by atomic mass is 16.1. The van der Waals surface area contributed by atoms with Gasteiger partial charge in [-0.1, -0.05) is 132 Å². The average Bonchev–Trinajstić information content (AvgIpc) is 2.95. The number of ketones is 2. The highest BCUT2D eigenvalue weighted by Gasteiger charge is 2.38. The normalized spacial score (nSPS) is 18.6. The van der Waals surface area contributed by atoms with Crippen molar-refractivity contribution in [2.75, 3.05) is 0 Å². The molecule has 4 nitrogen and oxygen atoms in total. The van der Waals surface area contributed by atoms with Crippen molar-refractivity contribution in [1.29, 1.82) is 0 Å². The van der Waals surface area contributed by atoms with E-state index in [9.17, 15) is 9.59 Å². The van der Waals surface area contributed by atoms with Crippen LogP contribution in [-0.2, 0) is 9.59 Å². The first-order chi connectivity index (χ1) is 19.8. The van der Waals surface area contributed by atoms with Crippen LogP contribution in [0.15, 0.2) is 23.3 Å². The number of hydrogen-bond donors (Lipinski definition) is 2. The quantitative estimate of drug-likeness (QED) is 0.0870. The number of carbonyl (C=O) groups excluding carboxylic acids is 2. The molecule has 0 radical (unpaired) electrons. The molecule has 1 aliphatic carbocycles. The lowest BCUT2D eigenvalue weighted by Gasteiger charge is -2.35. The highest BCUT2D eigenvalue weighted by Crippen LogP contribution is 2.43. The third kappa shape index (κ3) is 13.2. The summed E-state index contributed by atoms with van der Waals surface area (Å²) in [4.78, 5) is 27.0. The van der Waals surface area contributed by atoms with E-state index in [1.54, 1.807) is 12.2 Å². The minimum atomic E-state index is -0.236. The standard InChI is InChI=1S/C38H70N2O2/c1-9-37(7,25-21-17-13-11-15-19-23-33(39)29(3)4)31-27-36(42)32(28-35(31)41)38(8,10-2)26-22-18-14-12-16-20-24-34(40)30(5)6/h27-30,33-34H,9-26,39-40H2,1-8H3. The predicted octanol–water partition coefficient (Wildman–Crippen LogP) is 10.0. The third-order valence-electron chi connectivity index (χ3n) is 10.7. The predicted molar refractivity (Wildman–Crippen MR) is 182 cm³/mol. The lowest BCUT2D eigenvalue weighted by Crippen LogP contribution is -2.32. The molecule has 42 heavy (non-hydrogen) atoms. The van der Waals surface area contributed by atoms with Crippen LogP contribution in [0, 0.1) is 22.7 Å². The fourth-order valence-electron chi connectivity index (χ4n) is 6.38. The molecule has 4 N–H and O–H groups in total. The van der Waals surface area contributed by atoms with Crippen LogP contribution in [0.4, 0.5) is 0 Å². The average molecular weight is 587 g/mol. The second-order valence-corrected chi connectivity index (χ2v) is 14.8. The maximum atomic E-state index is 13.5. The van der Waals surface area contributed by atoms with Crippen molar-refractivity contribution in [2.45, 2.75) is 183 Å². The van der Waals surface area contributed by atoms with Crippen molar-refractivity contribution >= 4 is 11.6 Å². The summed E-state index contributed by atoms with van der Waals surface area (Å²) < 4.78 is 0. The molecule has 0 aliphatic heterocycles. The zero-order chi connectivity index (χ0) is 31.8. The number of allylic oxidation sites excluding steroid dienone is 4. The Balaban J connectivity index is 2.54. The Hall–Kier alpha value is -1.26. The van der Waals surface area contributed by atoms with Gasteiger partial charge in [-0.05, 0) is 73.3 Å². The van der Waals surface area contributed by atoms with Crippen LogP contribution < -0.4 is 11.5 Å². The van der Waals surface area contributed by atoms with Gasteiger partial charge in [0.15, 0.2) is 11.6 Å². The van der Waals surface area contributed by atoms with Gasteiger partial charge < -0.3 is 11.5 Å². The van der Waals surface area contributed by atoms with Crippen LogP contribution in [0.3, 0.4) is 0 Å². The van der Waals surface area contributed by atoms with E-state index in [2.05, 4.69) is 55.4 Å². The van der Waals surface area contributed by atoms with Gasteiger partial charge >= 0.3 is 0 Å². The van der Waals surface area contributed by atoms with Crippen molar-refractivity contribution in [2.24, 2.45) is 34.1 Å². The molecular formula is C38H70N2O2. The minimum Gasteiger partial charge on any atom is -0.327 e. The molecular weight excluding hydrogens is 516 g/mol. The second-order valence-electron chi connectivity index (χ2n) is 14.8. The van der Waals surface area contributed by atoms with Crippen molar-refractivity contribution in [3.8, 4) is 0 Å². The molecule has 0 aromatic rings. The molecule has 0 saturated heterocycles. The van der Waals surface area contributed by atoms with Crippen molar-refractivity contribution < 1.29 is 9.59 Å². The maximum Gasteiger partial charge on any atom is 0.182 e. The Bertz CT molecular complexity index is 787. The van der Waals surface area contributed by atoms with E-state index < -0.39 is 0 Å². The molecule has 4 heteroatoms. The molecule has 0 spiro atoms. The number of hydrogen-bond acceptors (Lipinski definition) is 4. The van der Waals surface area contributed by atoms with Crippen molar-refractivity contribution in [3.63, 3.8) is 0 Å². The van der Waals surface area contributed by atoms with Gasteiger partial charge in [-0.25, -0.2) is 0 Å². The van der Waals surface area contributed by atoms with Crippen LogP contribution in [0.5, 0.6) is 0 Å². The Morgan fingerprint density at radius 2 is 0.833 bits per heavy atom. The lowest BCUT2D eigenvalue weighted by atomic mass is 9.67. The summed E-state index contributed by atoms with van der Waals surface area (Å²) in [6.07, 6.45) is 23.8. The Morgan fingerprint density at radius 1 is 0.548 bits per heavy atom. The molecule has 0 heterocycles. The molecule has 1 rings (SSSR count). The maximum absolute atomic E-state index is 13.5. The smallest absolute Gasteiger partial charge is 0.182 e. The van der Waals surface area contributed by atoms with Gasteiger partial charge in [0.25, 0.3) is 0 Å². The van der Waals surface area contributed by atoms with Crippen molar-refractivity contribution in [3.05, 3.63) is 23.3 Å². The van der Waals surface area contributed by atoms with Gasteiger partial charge in [-0.15, -0.1) is 0 Å². The summed E-state index contributed by atoms with van der Waals surface area (Å²) in [5.41, 5.74) is 13.3. The molecule has 1 aliphatic rings.